The Morgan fingerprint density at radius 2 is 1.78 bits per heavy atom. The van der Waals surface area contributed by atoms with Crippen molar-refractivity contribution in [2.45, 2.75) is 0 Å². The van der Waals surface area contributed by atoms with Crippen LogP contribution in [-0.2, 0) is 7.05 Å². The molecule has 0 aliphatic rings. The summed E-state index contributed by atoms with van der Waals surface area (Å²) in [4.78, 5) is 35.1. The Balaban J connectivity index is 2.87. The summed E-state index contributed by atoms with van der Waals surface area (Å²) in [5, 5.41) is -0.889. The maximum absolute atomic E-state index is 12.0. The minimum absolute atomic E-state index is 0.234. The van der Waals surface area contributed by atoms with E-state index >= 15 is 0 Å². The number of nitrogens with zero attached hydrogens (tertiary/aromatic N) is 2. The van der Waals surface area contributed by atoms with Crippen molar-refractivity contribution in [1.82, 2.24) is 9.13 Å². The highest BCUT2D eigenvalue weighted by molar-refractivity contribution is 6.67. The molecule has 0 spiro atoms. The first-order chi connectivity index (χ1) is 8.52. The van der Waals surface area contributed by atoms with Crippen LogP contribution in [0.25, 0.3) is 5.69 Å². The molecule has 18 heavy (non-hydrogen) atoms. The zero-order chi connectivity index (χ0) is 13.3. The Morgan fingerprint density at radius 3 is 2.33 bits per heavy atom. The van der Waals surface area contributed by atoms with Crippen LogP contribution in [0.1, 0.15) is 10.4 Å². The molecule has 0 unspecified atom stereocenters. The van der Waals surface area contributed by atoms with Crippen LogP contribution in [0, 0.1) is 0 Å². The Labute approximate surface area is 107 Å². The Morgan fingerprint density at radius 1 is 1.17 bits per heavy atom. The number of hydrogen-bond donors (Lipinski definition) is 0. The molecule has 5 nitrogen and oxygen atoms in total. The summed E-state index contributed by atoms with van der Waals surface area (Å²) in [5.41, 5.74) is -1.09. The number of aryl methyl sites for hydroxylation is 1. The highest BCUT2D eigenvalue weighted by Crippen LogP contribution is 2.02. The second-order valence-electron chi connectivity index (χ2n) is 3.69. The van der Waals surface area contributed by atoms with E-state index in [4.69, 9.17) is 11.6 Å². The molecule has 6 heteroatoms. The first-order valence-corrected chi connectivity index (χ1v) is 5.48. The number of carbonyl (C=O) groups is 1. The summed E-state index contributed by atoms with van der Waals surface area (Å²) in [7, 11) is 1.45. The van der Waals surface area contributed by atoms with E-state index in [1.807, 2.05) is 0 Å². The van der Waals surface area contributed by atoms with Crippen molar-refractivity contribution in [2.75, 3.05) is 0 Å². The van der Waals surface area contributed by atoms with Crippen LogP contribution < -0.4 is 11.2 Å². The predicted molar refractivity (Wildman–Crippen MR) is 67.5 cm³/mol. The number of halogens is 1. The summed E-state index contributed by atoms with van der Waals surface area (Å²) in [6, 6.07) is 8.35. The van der Waals surface area contributed by atoms with E-state index in [2.05, 4.69) is 0 Å². The molecule has 1 aromatic carbocycles. The molecule has 1 heterocycles. The van der Waals surface area contributed by atoms with Crippen LogP contribution in [0.3, 0.4) is 0 Å². The largest absolute Gasteiger partial charge is 0.335 e. The average molecular weight is 265 g/mol. The van der Waals surface area contributed by atoms with E-state index in [0.717, 1.165) is 15.3 Å². The van der Waals surface area contributed by atoms with E-state index < -0.39 is 16.5 Å². The molecular weight excluding hydrogens is 256 g/mol. The molecule has 92 valence electrons. The molecule has 0 aliphatic carbocycles. The van der Waals surface area contributed by atoms with Crippen molar-refractivity contribution < 1.29 is 4.79 Å². The first kappa shape index (κ1) is 12.3. The van der Waals surface area contributed by atoms with Crippen molar-refractivity contribution >= 4 is 16.8 Å². The molecule has 0 amide bonds. The van der Waals surface area contributed by atoms with Gasteiger partial charge in [0.2, 0.25) is 0 Å². The molecular formula is C12H9ClN2O3. The lowest BCUT2D eigenvalue weighted by atomic mass is 10.3. The molecule has 2 aromatic rings. The van der Waals surface area contributed by atoms with E-state index in [1.54, 1.807) is 30.3 Å². The molecule has 0 radical (unpaired) electrons. The maximum Gasteiger partial charge on any atom is 0.335 e. The summed E-state index contributed by atoms with van der Waals surface area (Å²) in [6.45, 7) is 0. The zero-order valence-corrected chi connectivity index (χ0v) is 10.2. The molecule has 0 atom stereocenters. The van der Waals surface area contributed by atoms with Gasteiger partial charge in [-0.05, 0) is 23.7 Å². The van der Waals surface area contributed by atoms with Gasteiger partial charge >= 0.3 is 5.69 Å². The number of rotatable bonds is 2. The zero-order valence-electron chi connectivity index (χ0n) is 9.46. The van der Waals surface area contributed by atoms with Crippen LogP contribution in [0.15, 0.2) is 46.1 Å². The third-order valence-corrected chi connectivity index (χ3v) is 2.68. The van der Waals surface area contributed by atoms with Gasteiger partial charge in [0.15, 0.2) is 0 Å². The van der Waals surface area contributed by atoms with Gasteiger partial charge in [0.25, 0.3) is 10.8 Å². The fourth-order valence-corrected chi connectivity index (χ4v) is 1.74. The van der Waals surface area contributed by atoms with E-state index in [9.17, 15) is 14.4 Å². The number of hydrogen-bond acceptors (Lipinski definition) is 3. The van der Waals surface area contributed by atoms with Gasteiger partial charge in [-0.15, -0.1) is 0 Å². The van der Waals surface area contributed by atoms with Crippen molar-refractivity contribution in [3.8, 4) is 5.69 Å². The Hall–Kier alpha value is -2.14. The topological polar surface area (TPSA) is 61.1 Å². The summed E-state index contributed by atoms with van der Waals surface area (Å²) in [5.74, 6) is 0. The molecule has 0 bridgehead atoms. The average Bonchev–Trinajstić information content (AvgIpc) is 2.35. The van der Waals surface area contributed by atoms with Crippen molar-refractivity contribution in [3.05, 3.63) is 62.9 Å². The summed E-state index contributed by atoms with van der Waals surface area (Å²) >= 11 is 5.32. The van der Waals surface area contributed by atoms with Crippen LogP contribution in [-0.4, -0.2) is 14.4 Å². The minimum Gasteiger partial charge on any atom is -0.302 e. The van der Waals surface area contributed by atoms with Gasteiger partial charge in [0.1, 0.15) is 5.56 Å². The third kappa shape index (κ3) is 2.00. The Kier molecular flexibility index (Phi) is 3.16. The van der Waals surface area contributed by atoms with Crippen molar-refractivity contribution in [2.24, 2.45) is 7.05 Å². The minimum atomic E-state index is -0.889. The van der Waals surface area contributed by atoms with Gasteiger partial charge < -0.3 is 4.57 Å². The molecule has 0 aliphatic heterocycles. The van der Waals surface area contributed by atoms with Crippen LogP contribution in [0.2, 0.25) is 0 Å². The van der Waals surface area contributed by atoms with E-state index in [0.29, 0.717) is 5.69 Å². The number of carbonyl (C=O) groups excluding carboxylic acids is 1. The number of benzene rings is 1. The lowest BCUT2D eigenvalue weighted by Crippen LogP contribution is -2.39. The molecule has 0 saturated heterocycles. The summed E-state index contributed by atoms with van der Waals surface area (Å²) in [6.07, 6.45) is 1.14. The maximum atomic E-state index is 12.0. The van der Waals surface area contributed by atoms with Gasteiger partial charge in [0.05, 0.1) is 5.69 Å². The van der Waals surface area contributed by atoms with Gasteiger partial charge in [-0.25, -0.2) is 9.36 Å². The van der Waals surface area contributed by atoms with Crippen LogP contribution in [0.4, 0.5) is 0 Å². The standard InChI is InChI=1S/C12H9ClN2O3/c1-14-7-9(10(13)16)11(17)15(12(14)18)8-5-3-2-4-6-8/h2-7H,1H3. The van der Waals surface area contributed by atoms with Crippen molar-refractivity contribution in [1.29, 1.82) is 0 Å². The lowest BCUT2D eigenvalue weighted by molar-refractivity contribution is 0.107. The number of para-hydroxylation sites is 1. The molecule has 0 saturated carbocycles. The molecule has 0 N–H and O–H groups in total. The monoisotopic (exact) mass is 264 g/mol. The fourth-order valence-electron chi connectivity index (χ4n) is 1.61. The lowest BCUT2D eigenvalue weighted by Gasteiger charge is -2.08. The first-order valence-electron chi connectivity index (χ1n) is 5.10. The molecule has 1 aromatic heterocycles. The fraction of sp³-hybridized carbons (Fsp3) is 0.0833. The van der Waals surface area contributed by atoms with E-state index in [1.165, 1.54) is 7.05 Å². The van der Waals surface area contributed by atoms with Crippen LogP contribution >= 0.6 is 11.6 Å². The highest BCUT2D eigenvalue weighted by atomic mass is 35.5. The highest BCUT2D eigenvalue weighted by Gasteiger charge is 2.15. The smallest absolute Gasteiger partial charge is 0.302 e. The van der Waals surface area contributed by atoms with Gasteiger partial charge in [0, 0.05) is 13.2 Å². The van der Waals surface area contributed by atoms with Gasteiger partial charge in [-0.3, -0.25) is 9.59 Å². The van der Waals surface area contributed by atoms with Crippen LogP contribution in [0.5, 0.6) is 0 Å². The van der Waals surface area contributed by atoms with Crippen molar-refractivity contribution in [3.63, 3.8) is 0 Å². The van der Waals surface area contributed by atoms with Gasteiger partial charge in [-0.1, -0.05) is 18.2 Å². The normalized spacial score (nSPS) is 10.3. The third-order valence-electron chi connectivity index (χ3n) is 2.48. The summed E-state index contributed by atoms with van der Waals surface area (Å²) < 4.78 is 2.06. The van der Waals surface area contributed by atoms with E-state index in [-0.39, 0.29) is 5.56 Å². The second-order valence-corrected chi connectivity index (χ2v) is 4.03. The Bertz CT molecular complexity index is 716. The molecule has 2 rings (SSSR count). The SMILES string of the molecule is Cn1cc(C(=O)Cl)c(=O)n(-c2ccccc2)c1=O. The second kappa shape index (κ2) is 4.62. The van der Waals surface area contributed by atoms with Gasteiger partial charge in [-0.2, -0.15) is 0 Å². The quantitative estimate of drug-likeness (QED) is 0.758. The predicted octanol–water partition coefficient (Wildman–Crippen LogP) is 0.915. The number of aromatic nitrogens is 2. The molecule has 0 fully saturated rings.